The van der Waals surface area contributed by atoms with Gasteiger partial charge in [0.25, 0.3) is 0 Å². The van der Waals surface area contributed by atoms with E-state index in [4.69, 9.17) is 4.98 Å². The van der Waals surface area contributed by atoms with Gasteiger partial charge in [0.15, 0.2) is 0 Å². The van der Waals surface area contributed by atoms with E-state index in [2.05, 4.69) is 135 Å². The van der Waals surface area contributed by atoms with Crippen molar-refractivity contribution >= 4 is 32.4 Å². The molecule has 1 heterocycles. The molecule has 0 amide bonds. The lowest BCUT2D eigenvalue weighted by atomic mass is 9.77. The minimum Gasteiger partial charge on any atom is -0.256 e. The van der Waals surface area contributed by atoms with E-state index in [1.807, 2.05) is 6.20 Å². The highest BCUT2D eigenvalue weighted by Gasteiger charge is 2.37. The van der Waals surface area contributed by atoms with E-state index in [0.29, 0.717) is 0 Å². The summed E-state index contributed by atoms with van der Waals surface area (Å²) in [7, 11) is 0. The van der Waals surface area contributed by atoms with Gasteiger partial charge in [0.2, 0.25) is 0 Å². The van der Waals surface area contributed by atoms with E-state index in [-0.39, 0.29) is 5.41 Å². The molecular formula is C39H29N. The van der Waals surface area contributed by atoms with E-state index in [1.54, 1.807) is 0 Å². The van der Waals surface area contributed by atoms with E-state index >= 15 is 0 Å². The van der Waals surface area contributed by atoms with Crippen molar-refractivity contribution < 1.29 is 0 Å². The van der Waals surface area contributed by atoms with Crippen molar-refractivity contribution in [1.82, 2.24) is 4.98 Å². The molecule has 1 heteroatoms. The Morgan fingerprint density at radius 1 is 0.550 bits per heavy atom. The van der Waals surface area contributed by atoms with Crippen molar-refractivity contribution in [1.29, 1.82) is 0 Å². The maximum atomic E-state index is 5.02. The van der Waals surface area contributed by atoms with Crippen molar-refractivity contribution in [2.75, 3.05) is 0 Å². The summed E-state index contributed by atoms with van der Waals surface area (Å²) in [5.74, 6) is 0. The summed E-state index contributed by atoms with van der Waals surface area (Å²) < 4.78 is 0. The van der Waals surface area contributed by atoms with Gasteiger partial charge in [0, 0.05) is 22.6 Å². The number of pyridine rings is 1. The second-order valence-electron chi connectivity index (χ2n) is 11.2. The summed E-state index contributed by atoms with van der Waals surface area (Å²) in [5.41, 5.74) is 11.6. The van der Waals surface area contributed by atoms with Gasteiger partial charge >= 0.3 is 0 Å². The Bertz CT molecular complexity index is 2060. The Balaban J connectivity index is 1.44. The zero-order valence-electron chi connectivity index (χ0n) is 22.8. The number of benzene rings is 6. The smallest absolute Gasteiger partial charge is 0.0792 e. The molecule has 0 radical (unpaired) electrons. The van der Waals surface area contributed by atoms with E-state index in [9.17, 15) is 0 Å². The fourth-order valence-corrected chi connectivity index (χ4v) is 7.07. The van der Waals surface area contributed by atoms with E-state index in [1.165, 1.54) is 71.4 Å². The van der Waals surface area contributed by atoms with Crippen LogP contribution >= 0.6 is 0 Å². The normalized spacial score (nSPS) is 15.9. The first-order valence-electron chi connectivity index (χ1n) is 14.2. The Morgan fingerprint density at radius 3 is 2.05 bits per heavy atom. The van der Waals surface area contributed by atoms with Gasteiger partial charge < -0.3 is 0 Å². The lowest BCUT2D eigenvalue weighted by Crippen LogP contribution is -2.18. The highest BCUT2D eigenvalue weighted by atomic mass is 14.7. The van der Waals surface area contributed by atoms with Crippen molar-refractivity contribution in [3.63, 3.8) is 0 Å². The van der Waals surface area contributed by atoms with Crippen molar-refractivity contribution in [2.24, 2.45) is 0 Å². The average Bonchev–Trinajstić information content (AvgIpc) is 3.27. The lowest BCUT2D eigenvalue weighted by Gasteiger charge is -2.25. The van der Waals surface area contributed by atoms with Crippen molar-refractivity contribution in [2.45, 2.75) is 25.7 Å². The number of fused-ring (bicyclic) bond motifs is 6. The Morgan fingerprint density at radius 2 is 1.20 bits per heavy atom. The van der Waals surface area contributed by atoms with Gasteiger partial charge in [-0.2, -0.15) is 0 Å². The molecular weight excluding hydrogens is 482 g/mol. The standard InChI is InChI=1S/C39H29N/c1-3-39(2)34-17-9-8-13-29(34)33-24-28(20-21-35(33)39)36-30-14-6-7-15-31(30)37(38-32(36)16-10-22-40-38)27-19-18-25-11-4-5-12-26(25)23-27/h4-24H,3H2,1-2H3. The predicted molar refractivity (Wildman–Crippen MR) is 170 cm³/mol. The summed E-state index contributed by atoms with van der Waals surface area (Å²) in [6, 6.07) is 44.6. The minimum absolute atomic E-state index is 0.0378. The molecule has 1 unspecified atom stereocenters. The third kappa shape index (κ3) is 3.18. The fourth-order valence-electron chi connectivity index (χ4n) is 7.07. The molecule has 6 aromatic carbocycles. The minimum atomic E-state index is 0.0378. The number of hydrogen-bond acceptors (Lipinski definition) is 1. The van der Waals surface area contributed by atoms with Crippen LogP contribution in [0.4, 0.5) is 0 Å². The van der Waals surface area contributed by atoms with Gasteiger partial charge in [-0.15, -0.1) is 0 Å². The molecule has 0 bridgehead atoms. The number of aromatic nitrogens is 1. The summed E-state index contributed by atoms with van der Waals surface area (Å²) in [5, 5.41) is 6.18. The molecule has 0 aliphatic heterocycles. The second kappa shape index (κ2) is 8.63. The van der Waals surface area contributed by atoms with Crippen molar-refractivity contribution in [3.05, 3.63) is 139 Å². The van der Waals surface area contributed by atoms with Crippen LogP contribution in [0.1, 0.15) is 31.4 Å². The van der Waals surface area contributed by atoms with Crippen LogP contribution in [0.15, 0.2) is 128 Å². The zero-order chi connectivity index (χ0) is 26.8. The number of hydrogen-bond donors (Lipinski definition) is 0. The van der Waals surface area contributed by atoms with Crippen LogP contribution in [0.3, 0.4) is 0 Å². The first-order chi connectivity index (χ1) is 19.7. The molecule has 1 atom stereocenters. The molecule has 7 aromatic rings. The van der Waals surface area contributed by atoms with Gasteiger partial charge in [0.05, 0.1) is 5.52 Å². The van der Waals surface area contributed by atoms with Crippen LogP contribution in [-0.2, 0) is 5.41 Å². The molecule has 0 N–H and O–H groups in total. The summed E-state index contributed by atoms with van der Waals surface area (Å²) in [6.07, 6.45) is 3.00. The molecule has 0 fully saturated rings. The molecule has 0 spiro atoms. The van der Waals surface area contributed by atoms with Crippen LogP contribution in [0.25, 0.3) is 65.8 Å². The molecule has 190 valence electrons. The molecule has 40 heavy (non-hydrogen) atoms. The Hall–Kier alpha value is -4.75. The van der Waals surface area contributed by atoms with Crippen LogP contribution in [0.5, 0.6) is 0 Å². The Kier molecular flexibility index (Phi) is 5.00. The van der Waals surface area contributed by atoms with Crippen LogP contribution in [0.2, 0.25) is 0 Å². The van der Waals surface area contributed by atoms with E-state index < -0.39 is 0 Å². The predicted octanol–water partition coefficient (Wildman–Crippen LogP) is 10.6. The van der Waals surface area contributed by atoms with Gasteiger partial charge in [-0.05, 0) is 85.1 Å². The van der Waals surface area contributed by atoms with Gasteiger partial charge in [-0.1, -0.05) is 117 Å². The maximum Gasteiger partial charge on any atom is 0.0792 e. The zero-order valence-corrected chi connectivity index (χ0v) is 22.8. The monoisotopic (exact) mass is 511 g/mol. The molecule has 0 saturated carbocycles. The molecule has 1 nitrogen and oxygen atoms in total. The molecule has 8 rings (SSSR count). The van der Waals surface area contributed by atoms with Crippen LogP contribution in [-0.4, -0.2) is 4.98 Å². The third-order valence-corrected chi connectivity index (χ3v) is 9.24. The molecule has 0 saturated heterocycles. The van der Waals surface area contributed by atoms with Gasteiger partial charge in [-0.25, -0.2) is 0 Å². The molecule has 1 aliphatic carbocycles. The van der Waals surface area contributed by atoms with Crippen molar-refractivity contribution in [3.8, 4) is 33.4 Å². The SMILES string of the molecule is CCC1(C)c2ccccc2-c2cc(-c3c4ccccc4c(-c4ccc5ccccc5c4)c4ncccc34)ccc21. The first-order valence-corrected chi connectivity index (χ1v) is 14.2. The molecule has 1 aromatic heterocycles. The first kappa shape index (κ1) is 23.2. The topological polar surface area (TPSA) is 12.9 Å². The summed E-state index contributed by atoms with van der Waals surface area (Å²) in [6.45, 7) is 4.70. The lowest BCUT2D eigenvalue weighted by molar-refractivity contribution is 0.564. The maximum absolute atomic E-state index is 5.02. The fraction of sp³-hybridized carbons (Fsp3) is 0.103. The largest absolute Gasteiger partial charge is 0.256 e. The summed E-state index contributed by atoms with van der Waals surface area (Å²) in [4.78, 5) is 5.02. The van der Waals surface area contributed by atoms with Gasteiger partial charge in [-0.3, -0.25) is 4.98 Å². The highest BCUT2D eigenvalue weighted by Crippen LogP contribution is 2.52. The highest BCUT2D eigenvalue weighted by molar-refractivity contribution is 6.20. The molecule has 1 aliphatic rings. The number of nitrogens with zero attached hydrogens (tertiary/aromatic N) is 1. The van der Waals surface area contributed by atoms with Crippen LogP contribution in [0, 0.1) is 0 Å². The van der Waals surface area contributed by atoms with Gasteiger partial charge in [0.1, 0.15) is 0 Å². The van der Waals surface area contributed by atoms with E-state index in [0.717, 1.165) is 11.9 Å². The Labute approximate surface area is 234 Å². The summed E-state index contributed by atoms with van der Waals surface area (Å²) >= 11 is 0. The third-order valence-electron chi connectivity index (χ3n) is 9.24. The quantitative estimate of drug-likeness (QED) is 0.215. The second-order valence-corrected chi connectivity index (χ2v) is 11.2. The average molecular weight is 512 g/mol. The van der Waals surface area contributed by atoms with Crippen LogP contribution < -0.4 is 0 Å². The number of rotatable bonds is 3.